The summed E-state index contributed by atoms with van der Waals surface area (Å²) in [6.07, 6.45) is 2.69. The molecule has 1 aromatic rings. The zero-order valence-corrected chi connectivity index (χ0v) is 9.68. The summed E-state index contributed by atoms with van der Waals surface area (Å²) in [6.45, 7) is 2.36. The van der Waals surface area contributed by atoms with Crippen LogP contribution in [0.15, 0.2) is 30.5 Å². The van der Waals surface area contributed by atoms with Crippen molar-refractivity contribution in [1.82, 2.24) is 0 Å². The summed E-state index contributed by atoms with van der Waals surface area (Å²) in [7, 11) is 0. The fraction of sp³-hybridized carbons (Fsp3) is 0.182. The lowest BCUT2D eigenvalue weighted by Crippen LogP contribution is -1.95. The summed E-state index contributed by atoms with van der Waals surface area (Å²) in [4.78, 5) is 11.6. The Morgan fingerprint density at radius 3 is 2.80 bits per heavy atom. The van der Waals surface area contributed by atoms with Crippen LogP contribution in [0.25, 0.3) is 0 Å². The highest BCUT2D eigenvalue weighted by molar-refractivity contribution is 6.37. The number of ether oxygens (including phenoxy) is 1. The Kier molecular flexibility index (Phi) is 4.66. The lowest BCUT2D eigenvalue weighted by atomic mass is 10.1. The summed E-state index contributed by atoms with van der Waals surface area (Å²) in [5, 5.41) is 0.846. The lowest BCUT2D eigenvalue weighted by molar-refractivity contribution is 0.104. The molecule has 0 unspecified atom stereocenters. The van der Waals surface area contributed by atoms with E-state index in [2.05, 4.69) is 0 Å². The highest BCUT2D eigenvalue weighted by Crippen LogP contribution is 2.21. The van der Waals surface area contributed by atoms with Crippen LogP contribution in [0.5, 0.6) is 0 Å². The number of carbonyl (C=O) groups excluding carboxylic acids is 1. The van der Waals surface area contributed by atoms with Crippen LogP contribution in [-0.2, 0) is 4.74 Å². The predicted molar refractivity (Wildman–Crippen MR) is 61.6 cm³/mol. The molecule has 0 saturated heterocycles. The summed E-state index contributed by atoms with van der Waals surface area (Å²) in [5.41, 5.74) is 0.414. The third-order valence-corrected chi connectivity index (χ3v) is 2.23. The molecule has 1 aromatic carbocycles. The van der Waals surface area contributed by atoms with Crippen molar-refractivity contribution in [1.29, 1.82) is 0 Å². The molecule has 0 radical (unpaired) electrons. The second-order valence-electron chi connectivity index (χ2n) is 2.75. The first-order valence-electron chi connectivity index (χ1n) is 4.42. The van der Waals surface area contributed by atoms with E-state index >= 15 is 0 Å². The molecular formula is C11H10Cl2O2. The van der Waals surface area contributed by atoms with Crippen LogP contribution in [0.4, 0.5) is 0 Å². The van der Waals surface area contributed by atoms with Gasteiger partial charge in [0, 0.05) is 16.7 Å². The molecule has 0 bridgehead atoms. The van der Waals surface area contributed by atoms with Crippen LogP contribution in [0.1, 0.15) is 17.3 Å². The number of allylic oxidation sites excluding steroid dienone is 1. The number of halogens is 2. The number of carbonyl (C=O) groups is 1. The minimum atomic E-state index is -0.204. The molecule has 1 rings (SSSR count). The van der Waals surface area contributed by atoms with Gasteiger partial charge in [-0.05, 0) is 25.1 Å². The first-order chi connectivity index (χ1) is 7.15. The van der Waals surface area contributed by atoms with Gasteiger partial charge >= 0.3 is 0 Å². The van der Waals surface area contributed by atoms with E-state index in [0.29, 0.717) is 22.2 Å². The predicted octanol–water partition coefficient (Wildman–Crippen LogP) is 3.73. The minimum absolute atomic E-state index is 0.204. The number of hydrogen-bond acceptors (Lipinski definition) is 2. The van der Waals surface area contributed by atoms with Crippen molar-refractivity contribution in [3.8, 4) is 0 Å². The lowest BCUT2D eigenvalue weighted by Gasteiger charge is -2.00. The van der Waals surface area contributed by atoms with E-state index < -0.39 is 0 Å². The van der Waals surface area contributed by atoms with Gasteiger partial charge in [-0.15, -0.1) is 0 Å². The van der Waals surface area contributed by atoms with E-state index in [0.717, 1.165) is 0 Å². The smallest absolute Gasteiger partial charge is 0.190 e. The Morgan fingerprint density at radius 2 is 2.20 bits per heavy atom. The Hall–Kier alpha value is -0.990. The van der Waals surface area contributed by atoms with Gasteiger partial charge in [0.25, 0.3) is 0 Å². The van der Waals surface area contributed by atoms with E-state index in [-0.39, 0.29) is 5.78 Å². The Morgan fingerprint density at radius 1 is 1.47 bits per heavy atom. The molecule has 0 heterocycles. The van der Waals surface area contributed by atoms with E-state index in [4.69, 9.17) is 27.9 Å². The summed E-state index contributed by atoms with van der Waals surface area (Å²) < 4.78 is 4.92. The second-order valence-corrected chi connectivity index (χ2v) is 3.59. The highest BCUT2D eigenvalue weighted by atomic mass is 35.5. The van der Waals surface area contributed by atoms with Crippen LogP contribution in [0.3, 0.4) is 0 Å². The van der Waals surface area contributed by atoms with Crippen LogP contribution in [-0.4, -0.2) is 12.4 Å². The van der Waals surface area contributed by atoms with Gasteiger partial charge < -0.3 is 4.74 Å². The molecule has 4 heteroatoms. The molecule has 80 valence electrons. The van der Waals surface area contributed by atoms with Gasteiger partial charge in [0.1, 0.15) is 0 Å². The number of rotatable bonds is 4. The molecule has 0 aliphatic carbocycles. The molecule has 0 aliphatic heterocycles. The maximum absolute atomic E-state index is 11.6. The van der Waals surface area contributed by atoms with Crippen molar-refractivity contribution in [2.75, 3.05) is 6.61 Å². The van der Waals surface area contributed by atoms with Crippen molar-refractivity contribution in [2.45, 2.75) is 6.92 Å². The van der Waals surface area contributed by atoms with Crippen LogP contribution < -0.4 is 0 Å². The van der Waals surface area contributed by atoms with E-state index in [1.54, 1.807) is 12.1 Å². The minimum Gasteiger partial charge on any atom is -0.501 e. The van der Waals surface area contributed by atoms with Gasteiger partial charge in [0.05, 0.1) is 17.9 Å². The molecule has 2 nitrogen and oxygen atoms in total. The van der Waals surface area contributed by atoms with Crippen molar-refractivity contribution >= 4 is 29.0 Å². The van der Waals surface area contributed by atoms with Crippen molar-refractivity contribution in [3.63, 3.8) is 0 Å². The molecule has 0 N–H and O–H groups in total. The average Bonchev–Trinajstić information content (AvgIpc) is 2.17. The zero-order chi connectivity index (χ0) is 11.3. The third-order valence-electron chi connectivity index (χ3n) is 1.68. The summed E-state index contributed by atoms with van der Waals surface area (Å²) >= 11 is 11.6. The Bertz CT molecular complexity index is 386. The molecular weight excluding hydrogens is 235 g/mol. The molecule has 0 saturated carbocycles. The molecule has 0 aromatic heterocycles. The normalized spacial score (nSPS) is 10.6. The van der Waals surface area contributed by atoms with Gasteiger partial charge in [-0.2, -0.15) is 0 Å². The van der Waals surface area contributed by atoms with Crippen LogP contribution in [0.2, 0.25) is 10.0 Å². The molecule has 0 fully saturated rings. The zero-order valence-electron chi connectivity index (χ0n) is 8.17. The van der Waals surface area contributed by atoms with Gasteiger partial charge in [0.15, 0.2) is 5.78 Å². The Balaban J connectivity index is 2.82. The van der Waals surface area contributed by atoms with Crippen molar-refractivity contribution in [3.05, 3.63) is 46.1 Å². The topological polar surface area (TPSA) is 26.3 Å². The van der Waals surface area contributed by atoms with Gasteiger partial charge in [-0.3, -0.25) is 4.79 Å². The monoisotopic (exact) mass is 244 g/mol. The average molecular weight is 245 g/mol. The van der Waals surface area contributed by atoms with Gasteiger partial charge in [-0.1, -0.05) is 23.2 Å². The number of ketones is 1. The Labute approximate surface area is 98.4 Å². The largest absolute Gasteiger partial charge is 0.501 e. The maximum atomic E-state index is 11.6. The molecule has 0 atom stereocenters. The highest BCUT2D eigenvalue weighted by Gasteiger charge is 2.07. The van der Waals surface area contributed by atoms with E-state index in [1.165, 1.54) is 18.4 Å². The molecule has 0 amide bonds. The first kappa shape index (κ1) is 12.1. The molecule has 0 aliphatic rings. The van der Waals surface area contributed by atoms with E-state index in [1.807, 2.05) is 6.92 Å². The van der Waals surface area contributed by atoms with E-state index in [9.17, 15) is 4.79 Å². The summed E-state index contributed by atoms with van der Waals surface area (Å²) in [6, 6.07) is 4.74. The molecule has 15 heavy (non-hydrogen) atoms. The summed E-state index contributed by atoms with van der Waals surface area (Å²) in [5.74, 6) is -0.204. The van der Waals surface area contributed by atoms with Gasteiger partial charge in [-0.25, -0.2) is 0 Å². The SMILES string of the molecule is CCO/C=C/C(=O)c1ccc(Cl)cc1Cl. The maximum Gasteiger partial charge on any atom is 0.190 e. The second kappa shape index (κ2) is 5.79. The number of benzene rings is 1. The van der Waals surface area contributed by atoms with Crippen molar-refractivity contribution < 1.29 is 9.53 Å². The molecule has 0 spiro atoms. The van der Waals surface area contributed by atoms with Crippen LogP contribution >= 0.6 is 23.2 Å². The van der Waals surface area contributed by atoms with Crippen molar-refractivity contribution in [2.24, 2.45) is 0 Å². The third kappa shape index (κ3) is 3.57. The standard InChI is InChI=1S/C11H10Cl2O2/c1-2-15-6-5-11(14)9-4-3-8(12)7-10(9)13/h3-7H,2H2,1H3/b6-5+. The fourth-order valence-corrected chi connectivity index (χ4v) is 1.49. The first-order valence-corrected chi connectivity index (χ1v) is 5.18. The quantitative estimate of drug-likeness (QED) is 0.459. The van der Waals surface area contributed by atoms with Gasteiger partial charge in [0.2, 0.25) is 0 Å². The fourth-order valence-electron chi connectivity index (χ4n) is 0.985. The number of hydrogen-bond donors (Lipinski definition) is 0. The van der Waals surface area contributed by atoms with Crippen LogP contribution in [0, 0.1) is 0 Å².